The van der Waals surface area contributed by atoms with Crippen LogP contribution in [0, 0.1) is 10.8 Å². The molecule has 1 saturated heterocycles. The van der Waals surface area contributed by atoms with E-state index < -0.39 is 108 Å². The summed E-state index contributed by atoms with van der Waals surface area (Å²) in [4.78, 5) is 139. The minimum absolute atomic E-state index is 0.0338. The van der Waals surface area contributed by atoms with Crippen molar-refractivity contribution in [1.29, 1.82) is 10.8 Å². The number of para-hydroxylation sites is 1. The molecule has 0 saturated carbocycles. The van der Waals surface area contributed by atoms with E-state index in [4.69, 9.17) is 33.8 Å². The fraction of sp³-hybridized carbons (Fsp3) is 0.469. The molecule has 2 aromatic carbocycles. The molecule has 0 aliphatic carbocycles. The van der Waals surface area contributed by atoms with Gasteiger partial charge in [-0.2, -0.15) is 0 Å². The second-order valence-corrected chi connectivity index (χ2v) is 18.3. The quantitative estimate of drug-likeness (QED) is 0.0313. The molecular formula is C49H71N17O10. The Morgan fingerprint density at radius 3 is 1.91 bits per heavy atom. The highest BCUT2D eigenvalue weighted by Gasteiger charge is 2.35. The molecule has 0 radical (unpaired) electrons. The van der Waals surface area contributed by atoms with Crippen LogP contribution in [0.1, 0.15) is 82.3 Å². The first-order valence-electron chi connectivity index (χ1n) is 24.9. The van der Waals surface area contributed by atoms with Crippen molar-refractivity contribution in [1.82, 2.24) is 58.2 Å². The van der Waals surface area contributed by atoms with Gasteiger partial charge in [0.25, 0.3) is 0 Å². The summed E-state index contributed by atoms with van der Waals surface area (Å²) < 4.78 is 0. The van der Waals surface area contributed by atoms with E-state index in [0.29, 0.717) is 11.1 Å². The van der Waals surface area contributed by atoms with Gasteiger partial charge in [-0.15, -0.1) is 0 Å². The standard InChI is InChI=1S/C49H71N17O10/c1-27(67)60-33(14-8-22-57-48(52)53)42(71)62-34-15-7-21-56-40(69)20-18-32(41(51)70)61-47(76)38(25-29-26-59-31-13-6-5-12-30(29)31)66-44(73)35(16-9-23-58-49(54)55)63-46(75)37(24-28-10-3-2-4-11-28)65-45(74)36(64-43(34)72)17-19-39(50)68/h2-6,10-13,26,32-38,59H,7-9,14-25H2,1H3,(H2,50,68)(H2,51,70)(H,56,69)(H,60,67)(H,61,76)(H,62,71)(H,63,75)(H,64,72)(H,65,74)(H,66,73)(H4,52,53,57)(H4,54,55,58)/t32-,33+,34-,35-,36-,37+,38-/m0/s1. The second kappa shape index (κ2) is 30.4. The minimum atomic E-state index is -1.56. The maximum atomic E-state index is 14.6. The summed E-state index contributed by atoms with van der Waals surface area (Å²) in [6.45, 7) is 1.37. The minimum Gasteiger partial charge on any atom is -0.370 e. The number of hydrogen-bond acceptors (Lipinski definition) is 12. The Morgan fingerprint density at radius 2 is 1.26 bits per heavy atom. The highest BCUT2D eigenvalue weighted by atomic mass is 16.2. The first kappa shape index (κ1) is 59.8. The number of guanidine groups is 2. The number of primary amides is 2. The first-order chi connectivity index (χ1) is 36.2. The smallest absolute Gasteiger partial charge is 0.243 e. The third-order valence-corrected chi connectivity index (χ3v) is 12.2. The number of nitrogens with two attached hydrogens (primary N) is 4. The molecule has 10 amide bonds. The Bertz CT molecular complexity index is 2560. The largest absolute Gasteiger partial charge is 0.370 e. The fourth-order valence-corrected chi connectivity index (χ4v) is 8.27. The van der Waals surface area contributed by atoms with Crippen molar-refractivity contribution in [3.05, 3.63) is 71.9 Å². The Kier molecular flexibility index (Phi) is 23.9. The molecule has 27 heteroatoms. The van der Waals surface area contributed by atoms with Gasteiger partial charge in [0.1, 0.15) is 42.3 Å². The number of carbonyl (C=O) groups excluding carboxylic acids is 10. The molecule has 0 bridgehead atoms. The SMILES string of the molecule is CC(=O)N[C@H](CCCNC(=N)N)C(=O)N[C@H]1CCCNC(=O)CC[C@@H](C(N)=O)NC(=O)[C@H](Cc2c[nH]c3ccccc23)NC(=O)[C@H](CCCNC(=N)N)NC(=O)[C@@H](Cc2ccccc2)NC(=O)[C@H](CCC(N)=O)NC1=O. The number of aromatic nitrogens is 1. The summed E-state index contributed by atoms with van der Waals surface area (Å²) in [6, 6.07) is 5.83. The number of rotatable bonds is 19. The van der Waals surface area contributed by atoms with Gasteiger partial charge in [-0.05, 0) is 68.6 Å². The van der Waals surface area contributed by atoms with Gasteiger partial charge in [-0.3, -0.25) is 58.8 Å². The van der Waals surface area contributed by atoms with Gasteiger partial charge < -0.3 is 81.1 Å². The van der Waals surface area contributed by atoms with Crippen LogP contribution in [0.2, 0.25) is 0 Å². The molecule has 1 aliphatic rings. The van der Waals surface area contributed by atoms with Crippen molar-refractivity contribution in [2.45, 2.75) is 126 Å². The van der Waals surface area contributed by atoms with Gasteiger partial charge in [0, 0.05) is 69.3 Å². The van der Waals surface area contributed by atoms with Crippen LogP contribution in [-0.2, 0) is 60.8 Å². The number of H-pyrrole nitrogens is 1. The Labute approximate surface area is 438 Å². The highest BCUT2D eigenvalue weighted by Crippen LogP contribution is 2.20. The van der Waals surface area contributed by atoms with Crippen LogP contribution < -0.4 is 76.1 Å². The highest BCUT2D eigenvalue weighted by molar-refractivity contribution is 5.98. The summed E-state index contributed by atoms with van der Waals surface area (Å²) in [5.74, 6) is -8.90. The van der Waals surface area contributed by atoms with Crippen LogP contribution in [0.3, 0.4) is 0 Å². The molecule has 27 nitrogen and oxygen atoms in total. The molecule has 1 aliphatic heterocycles. The van der Waals surface area contributed by atoms with Gasteiger partial charge in [0.15, 0.2) is 11.9 Å². The number of fused-ring (bicyclic) bond motifs is 1. The molecular weight excluding hydrogens is 987 g/mol. The molecule has 0 spiro atoms. The average Bonchev–Trinajstić information content (AvgIpc) is 3.78. The number of hydrogen-bond donors (Lipinski definition) is 17. The van der Waals surface area contributed by atoms with Crippen LogP contribution in [0.15, 0.2) is 60.8 Å². The third kappa shape index (κ3) is 20.6. The van der Waals surface area contributed by atoms with E-state index in [-0.39, 0.29) is 102 Å². The van der Waals surface area contributed by atoms with E-state index in [1.807, 2.05) is 6.07 Å². The number of benzene rings is 2. The van der Waals surface area contributed by atoms with Crippen LogP contribution in [0.25, 0.3) is 10.9 Å². The van der Waals surface area contributed by atoms with Crippen LogP contribution >= 0.6 is 0 Å². The summed E-state index contributed by atoms with van der Waals surface area (Å²) in [5.41, 5.74) is 24.0. The maximum absolute atomic E-state index is 14.6. The number of carbonyl (C=O) groups is 10. The molecule has 0 unspecified atom stereocenters. The first-order valence-corrected chi connectivity index (χ1v) is 24.9. The molecule has 76 heavy (non-hydrogen) atoms. The lowest BCUT2D eigenvalue weighted by atomic mass is 10.0. The van der Waals surface area contributed by atoms with E-state index in [2.05, 4.69) is 58.2 Å². The summed E-state index contributed by atoms with van der Waals surface area (Å²) in [5, 5.41) is 42.0. The second-order valence-electron chi connectivity index (χ2n) is 18.3. The van der Waals surface area contributed by atoms with Gasteiger partial charge >= 0.3 is 0 Å². The number of aromatic amines is 1. The van der Waals surface area contributed by atoms with Crippen LogP contribution in [0.4, 0.5) is 0 Å². The van der Waals surface area contributed by atoms with Gasteiger partial charge in [0.2, 0.25) is 59.1 Å². The summed E-state index contributed by atoms with van der Waals surface area (Å²) in [7, 11) is 0. The molecule has 7 atom stereocenters. The van der Waals surface area contributed by atoms with E-state index in [1.54, 1.807) is 54.7 Å². The Balaban J connectivity index is 1.78. The van der Waals surface area contributed by atoms with Crippen molar-refractivity contribution >= 4 is 81.9 Å². The summed E-state index contributed by atoms with van der Waals surface area (Å²) in [6.07, 6.45) is 0.177. The zero-order valence-electron chi connectivity index (χ0n) is 42.3. The van der Waals surface area contributed by atoms with Gasteiger partial charge in [-0.25, -0.2) is 0 Å². The Hall–Kier alpha value is -8.78. The van der Waals surface area contributed by atoms with Crippen molar-refractivity contribution < 1.29 is 47.9 Å². The number of amides is 10. The lowest BCUT2D eigenvalue weighted by Crippen LogP contribution is -2.60. The average molecular weight is 1060 g/mol. The van der Waals surface area contributed by atoms with E-state index in [0.717, 1.165) is 10.9 Å². The van der Waals surface area contributed by atoms with Crippen molar-refractivity contribution in [2.24, 2.45) is 22.9 Å². The molecule has 2 heterocycles. The van der Waals surface area contributed by atoms with Crippen LogP contribution in [0.5, 0.6) is 0 Å². The lowest BCUT2D eigenvalue weighted by molar-refractivity contribution is -0.136. The number of nitrogens with one attached hydrogen (secondary N) is 13. The molecule has 21 N–H and O–H groups in total. The zero-order chi connectivity index (χ0) is 55.7. The predicted octanol–water partition coefficient (Wildman–Crippen LogP) is -3.67. The maximum Gasteiger partial charge on any atom is 0.243 e. The molecule has 3 aromatic rings. The third-order valence-electron chi connectivity index (χ3n) is 12.2. The van der Waals surface area contributed by atoms with Crippen molar-refractivity contribution in [3.8, 4) is 0 Å². The van der Waals surface area contributed by atoms with E-state index in [1.165, 1.54) is 6.92 Å². The lowest BCUT2D eigenvalue weighted by Gasteiger charge is -2.28. The summed E-state index contributed by atoms with van der Waals surface area (Å²) >= 11 is 0. The Morgan fingerprint density at radius 1 is 0.684 bits per heavy atom. The van der Waals surface area contributed by atoms with Gasteiger partial charge in [-0.1, -0.05) is 48.5 Å². The molecule has 1 fully saturated rings. The van der Waals surface area contributed by atoms with Gasteiger partial charge in [0.05, 0.1) is 0 Å². The molecule has 1 aromatic heterocycles. The monoisotopic (exact) mass is 1060 g/mol. The normalized spacial score (nSPS) is 20.9. The topological polar surface area (TPSA) is 459 Å². The predicted molar refractivity (Wildman–Crippen MR) is 279 cm³/mol. The van der Waals surface area contributed by atoms with E-state index in [9.17, 15) is 47.9 Å². The molecule has 4 rings (SSSR count). The zero-order valence-corrected chi connectivity index (χ0v) is 42.3. The van der Waals surface area contributed by atoms with Crippen LogP contribution in [-0.4, -0.2) is 138 Å². The fourth-order valence-electron chi connectivity index (χ4n) is 8.27. The molecule has 412 valence electrons. The van der Waals surface area contributed by atoms with Crippen molar-refractivity contribution in [2.75, 3.05) is 19.6 Å². The van der Waals surface area contributed by atoms with E-state index >= 15 is 0 Å². The van der Waals surface area contributed by atoms with Crippen molar-refractivity contribution in [3.63, 3.8) is 0 Å².